The van der Waals surface area contributed by atoms with Crippen LogP contribution in [0.25, 0.3) is 54.9 Å². The Morgan fingerprint density at radius 2 is 0.966 bits per heavy atom. The third-order valence-electron chi connectivity index (χ3n) is 13.0. The van der Waals surface area contributed by atoms with Crippen molar-refractivity contribution < 1.29 is 0 Å². The second kappa shape index (κ2) is 13.3. The van der Waals surface area contributed by atoms with E-state index in [-0.39, 0.29) is 0 Å². The molecule has 10 aromatic carbocycles. The van der Waals surface area contributed by atoms with Crippen LogP contribution in [0.4, 0.5) is 17.1 Å². The molecule has 0 heterocycles. The number of rotatable bonds is 6. The first-order valence-electron chi connectivity index (χ1n) is 20.6. The summed E-state index contributed by atoms with van der Waals surface area (Å²) < 4.78 is 0. The molecule has 2 aliphatic carbocycles. The number of fused-ring (bicyclic) bond motifs is 9. The minimum Gasteiger partial charge on any atom is -0.310 e. The molecule has 0 saturated heterocycles. The summed E-state index contributed by atoms with van der Waals surface area (Å²) in [5.74, 6) is 0. The van der Waals surface area contributed by atoms with Gasteiger partial charge in [0.25, 0.3) is 0 Å². The van der Waals surface area contributed by atoms with Gasteiger partial charge in [0.15, 0.2) is 0 Å². The van der Waals surface area contributed by atoms with Crippen LogP contribution in [-0.4, -0.2) is 0 Å². The van der Waals surface area contributed by atoms with Crippen molar-refractivity contribution in [1.82, 2.24) is 0 Å². The fourth-order valence-corrected chi connectivity index (χ4v) is 10.4. The third-order valence-corrected chi connectivity index (χ3v) is 13.0. The molecule has 1 nitrogen and oxygen atoms in total. The average Bonchev–Trinajstić information content (AvgIpc) is 3.84. The van der Waals surface area contributed by atoms with Crippen molar-refractivity contribution in [2.24, 2.45) is 0 Å². The topological polar surface area (TPSA) is 3.24 Å². The predicted octanol–water partition coefficient (Wildman–Crippen LogP) is 15.1. The standard InChI is InChI=1S/C58H39N/c1-3-18-44(19-4-1)58(45-20-5-2-6-21-45)55-27-12-11-25-51(55)52-34-33-47(38-56(52)58)59(57-28-14-26-50-49-24-10-8-16-43(49)37-54(50)57)46-22-13-17-41(35-46)42-32-31-40-30-29-39-15-7-9-23-48(39)53(40)36-42/h1-36,38H,37H2. The van der Waals surface area contributed by atoms with Gasteiger partial charge < -0.3 is 4.90 Å². The van der Waals surface area contributed by atoms with E-state index in [1.807, 2.05) is 0 Å². The summed E-state index contributed by atoms with van der Waals surface area (Å²) in [6, 6.07) is 83.5. The Morgan fingerprint density at radius 1 is 0.356 bits per heavy atom. The number of benzene rings is 10. The molecule has 0 aliphatic heterocycles. The van der Waals surface area contributed by atoms with Gasteiger partial charge in [0.05, 0.1) is 11.1 Å². The molecule has 59 heavy (non-hydrogen) atoms. The summed E-state index contributed by atoms with van der Waals surface area (Å²) in [6.45, 7) is 0. The molecule has 2 aliphatic rings. The van der Waals surface area contributed by atoms with Crippen molar-refractivity contribution in [3.63, 3.8) is 0 Å². The SMILES string of the molecule is c1ccc(C2(c3ccccc3)c3ccccc3-c3ccc(N(c4cccc(-c5ccc6ccc7ccccc7c6c5)c4)c4cccc5c4Cc4ccccc4-5)cc32)cc1. The third kappa shape index (κ3) is 5.11. The number of hydrogen-bond acceptors (Lipinski definition) is 1. The van der Waals surface area contributed by atoms with Crippen molar-refractivity contribution in [2.75, 3.05) is 4.90 Å². The zero-order valence-electron chi connectivity index (χ0n) is 32.5. The van der Waals surface area contributed by atoms with Gasteiger partial charge in [0.1, 0.15) is 0 Å². The Bertz CT molecular complexity index is 3210. The quantitative estimate of drug-likeness (QED) is 0.153. The molecule has 10 aromatic rings. The van der Waals surface area contributed by atoms with Crippen LogP contribution in [0.1, 0.15) is 33.4 Å². The van der Waals surface area contributed by atoms with Gasteiger partial charge in [-0.1, -0.05) is 188 Å². The molecule has 0 saturated carbocycles. The monoisotopic (exact) mass is 749 g/mol. The summed E-state index contributed by atoms with van der Waals surface area (Å²) >= 11 is 0. The zero-order valence-corrected chi connectivity index (χ0v) is 32.5. The maximum Gasteiger partial charge on any atom is 0.0714 e. The van der Waals surface area contributed by atoms with Crippen LogP contribution in [0.2, 0.25) is 0 Å². The van der Waals surface area contributed by atoms with Crippen molar-refractivity contribution in [3.8, 4) is 33.4 Å². The largest absolute Gasteiger partial charge is 0.310 e. The summed E-state index contributed by atoms with van der Waals surface area (Å²) in [5, 5.41) is 5.07. The van der Waals surface area contributed by atoms with E-state index in [0.29, 0.717) is 0 Å². The van der Waals surface area contributed by atoms with Gasteiger partial charge in [-0.25, -0.2) is 0 Å². The Kier molecular flexibility index (Phi) is 7.58. The summed E-state index contributed by atoms with van der Waals surface area (Å²) in [5.41, 5.74) is 18.5. The zero-order chi connectivity index (χ0) is 38.9. The summed E-state index contributed by atoms with van der Waals surface area (Å²) in [7, 11) is 0. The van der Waals surface area contributed by atoms with Crippen LogP contribution in [0.5, 0.6) is 0 Å². The van der Waals surface area contributed by atoms with Crippen molar-refractivity contribution in [2.45, 2.75) is 11.8 Å². The summed E-state index contributed by atoms with van der Waals surface area (Å²) in [4.78, 5) is 2.52. The van der Waals surface area contributed by atoms with E-state index in [0.717, 1.165) is 17.8 Å². The smallest absolute Gasteiger partial charge is 0.0714 e. The molecule has 1 heteroatoms. The van der Waals surface area contributed by atoms with Gasteiger partial charge in [-0.2, -0.15) is 0 Å². The minimum atomic E-state index is -0.499. The number of anilines is 3. The molecule has 0 aromatic heterocycles. The van der Waals surface area contributed by atoms with Gasteiger partial charge in [0, 0.05) is 17.8 Å². The van der Waals surface area contributed by atoms with Crippen molar-refractivity contribution >= 4 is 38.6 Å². The molecule has 0 radical (unpaired) electrons. The summed E-state index contributed by atoms with van der Waals surface area (Å²) in [6.07, 6.45) is 0.893. The van der Waals surface area contributed by atoms with Gasteiger partial charge in [-0.05, 0) is 125 Å². The van der Waals surface area contributed by atoms with E-state index in [1.54, 1.807) is 0 Å². The van der Waals surface area contributed by atoms with Gasteiger partial charge in [-0.15, -0.1) is 0 Å². The highest BCUT2D eigenvalue weighted by atomic mass is 15.1. The lowest BCUT2D eigenvalue weighted by molar-refractivity contribution is 0.768. The van der Waals surface area contributed by atoms with Crippen LogP contribution in [-0.2, 0) is 11.8 Å². The molecule has 0 fully saturated rings. The second-order valence-corrected chi connectivity index (χ2v) is 16.0. The van der Waals surface area contributed by atoms with E-state index in [9.17, 15) is 0 Å². The Balaban J connectivity index is 1.10. The highest BCUT2D eigenvalue weighted by molar-refractivity contribution is 6.08. The normalized spacial score (nSPS) is 13.2. The van der Waals surface area contributed by atoms with E-state index >= 15 is 0 Å². The predicted molar refractivity (Wildman–Crippen MR) is 247 cm³/mol. The minimum absolute atomic E-state index is 0.499. The lowest BCUT2D eigenvalue weighted by atomic mass is 9.67. The lowest BCUT2D eigenvalue weighted by Gasteiger charge is -2.35. The van der Waals surface area contributed by atoms with E-state index in [4.69, 9.17) is 0 Å². The highest BCUT2D eigenvalue weighted by Crippen LogP contribution is 2.57. The molecular weight excluding hydrogens is 711 g/mol. The molecule has 0 spiro atoms. The molecule has 0 N–H and O–H groups in total. The molecule has 0 unspecified atom stereocenters. The Labute approximate surface area is 345 Å². The average molecular weight is 750 g/mol. The first-order chi connectivity index (χ1) is 29.3. The van der Waals surface area contributed by atoms with Gasteiger partial charge in [0.2, 0.25) is 0 Å². The van der Waals surface area contributed by atoms with Crippen LogP contribution in [0.3, 0.4) is 0 Å². The Hall–Kier alpha value is -7.48. The lowest BCUT2D eigenvalue weighted by Crippen LogP contribution is -2.28. The number of hydrogen-bond donors (Lipinski definition) is 0. The Morgan fingerprint density at radius 3 is 1.80 bits per heavy atom. The fraction of sp³-hybridized carbons (Fsp3) is 0.0345. The van der Waals surface area contributed by atoms with Crippen molar-refractivity contribution in [1.29, 1.82) is 0 Å². The van der Waals surface area contributed by atoms with Crippen LogP contribution in [0.15, 0.2) is 224 Å². The van der Waals surface area contributed by atoms with Crippen molar-refractivity contribution in [3.05, 3.63) is 258 Å². The molecular formula is C58H39N. The van der Waals surface area contributed by atoms with E-state index in [1.165, 1.54) is 94.0 Å². The fourth-order valence-electron chi connectivity index (χ4n) is 10.4. The molecule has 12 rings (SSSR count). The molecule has 276 valence electrons. The molecule has 0 atom stereocenters. The highest BCUT2D eigenvalue weighted by Gasteiger charge is 2.46. The van der Waals surface area contributed by atoms with Crippen LogP contribution in [0, 0.1) is 0 Å². The maximum absolute atomic E-state index is 2.52. The van der Waals surface area contributed by atoms with E-state index in [2.05, 4.69) is 229 Å². The van der Waals surface area contributed by atoms with Gasteiger partial charge in [-0.3, -0.25) is 0 Å². The van der Waals surface area contributed by atoms with Gasteiger partial charge >= 0.3 is 0 Å². The number of nitrogens with zero attached hydrogens (tertiary/aromatic N) is 1. The first-order valence-corrected chi connectivity index (χ1v) is 20.6. The molecule has 0 amide bonds. The van der Waals surface area contributed by atoms with E-state index < -0.39 is 5.41 Å². The second-order valence-electron chi connectivity index (χ2n) is 16.0. The first kappa shape index (κ1) is 33.6. The van der Waals surface area contributed by atoms with Crippen LogP contribution < -0.4 is 4.90 Å². The molecule has 0 bridgehead atoms. The maximum atomic E-state index is 2.52. The van der Waals surface area contributed by atoms with Crippen LogP contribution >= 0.6 is 0 Å².